The first-order chi connectivity index (χ1) is 17.1. The Morgan fingerprint density at radius 1 is 1.03 bits per heavy atom. The molecule has 3 aromatic carbocycles. The van der Waals surface area contributed by atoms with Gasteiger partial charge < -0.3 is 14.8 Å². The lowest BCUT2D eigenvalue weighted by Gasteiger charge is -2.29. The summed E-state index contributed by atoms with van der Waals surface area (Å²) in [7, 11) is 1.40. The number of aromatic nitrogens is 2. The van der Waals surface area contributed by atoms with Gasteiger partial charge in [0.2, 0.25) is 5.91 Å². The van der Waals surface area contributed by atoms with E-state index in [1.165, 1.54) is 31.4 Å². The highest BCUT2D eigenvalue weighted by Gasteiger charge is 2.29. The first-order valence-electron chi connectivity index (χ1n) is 11.6. The van der Waals surface area contributed by atoms with E-state index in [0.717, 1.165) is 16.6 Å². The smallest absolute Gasteiger partial charge is 0.225 e. The van der Waals surface area contributed by atoms with Crippen molar-refractivity contribution in [3.05, 3.63) is 84.1 Å². The molecule has 0 saturated carbocycles. The molecule has 8 heteroatoms. The Balaban J connectivity index is 1.66. The van der Waals surface area contributed by atoms with E-state index < -0.39 is 23.4 Å². The number of hydrogen-bond donors (Lipinski definition) is 1. The number of carbonyl (C=O) groups is 1. The van der Waals surface area contributed by atoms with Crippen LogP contribution in [0.25, 0.3) is 16.6 Å². The summed E-state index contributed by atoms with van der Waals surface area (Å²) in [4.78, 5) is 12.7. The standard InChI is InChI=1S/C28H29F2N3O3/c1-17(32-27(34)28(2,3)4)26(18-6-13-25(35-5)23(30)15-18)36-22-11-12-24-19(14-22)16-31-33(24)21-9-7-20(29)8-10-21/h6-17,26H,1-5H3,(H,32,34)/t17-,26-/m0/s1. The highest BCUT2D eigenvalue weighted by Crippen LogP contribution is 2.31. The number of nitrogens with zero attached hydrogens (tertiary/aromatic N) is 2. The summed E-state index contributed by atoms with van der Waals surface area (Å²) < 4.78 is 41.0. The van der Waals surface area contributed by atoms with Gasteiger partial charge in [-0.05, 0) is 67.1 Å². The zero-order valence-electron chi connectivity index (χ0n) is 20.9. The molecule has 2 atom stereocenters. The molecule has 0 unspecified atom stereocenters. The molecule has 0 aliphatic rings. The summed E-state index contributed by atoms with van der Waals surface area (Å²) in [6.07, 6.45) is 1.01. The summed E-state index contributed by atoms with van der Waals surface area (Å²) in [5.41, 5.74) is 1.50. The van der Waals surface area contributed by atoms with Crippen molar-refractivity contribution in [2.24, 2.45) is 5.41 Å². The molecule has 4 aromatic rings. The van der Waals surface area contributed by atoms with Gasteiger partial charge in [-0.15, -0.1) is 0 Å². The van der Waals surface area contributed by atoms with E-state index in [4.69, 9.17) is 9.47 Å². The zero-order valence-corrected chi connectivity index (χ0v) is 20.9. The van der Waals surface area contributed by atoms with Gasteiger partial charge in [-0.1, -0.05) is 26.8 Å². The van der Waals surface area contributed by atoms with Crippen LogP contribution in [-0.4, -0.2) is 28.8 Å². The van der Waals surface area contributed by atoms with Gasteiger partial charge in [0.15, 0.2) is 11.6 Å². The minimum absolute atomic E-state index is 0.124. The Morgan fingerprint density at radius 3 is 2.39 bits per heavy atom. The number of nitrogens with one attached hydrogen (secondary N) is 1. The molecule has 0 fully saturated rings. The van der Waals surface area contributed by atoms with Crippen molar-refractivity contribution >= 4 is 16.8 Å². The number of methoxy groups -OCH3 is 1. The van der Waals surface area contributed by atoms with Gasteiger partial charge in [-0.3, -0.25) is 4.79 Å². The van der Waals surface area contributed by atoms with Gasteiger partial charge in [-0.2, -0.15) is 5.10 Å². The van der Waals surface area contributed by atoms with Crippen molar-refractivity contribution in [2.45, 2.75) is 39.8 Å². The minimum Gasteiger partial charge on any atom is -0.494 e. The molecular weight excluding hydrogens is 464 g/mol. The number of amides is 1. The molecule has 0 aliphatic carbocycles. The highest BCUT2D eigenvalue weighted by atomic mass is 19.1. The third-order valence-electron chi connectivity index (χ3n) is 5.87. The van der Waals surface area contributed by atoms with Gasteiger partial charge in [0.1, 0.15) is 17.7 Å². The van der Waals surface area contributed by atoms with Crippen molar-refractivity contribution in [3.63, 3.8) is 0 Å². The molecular formula is C28H29F2N3O3. The van der Waals surface area contributed by atoms with E-state index >= 15 is 0 Å². The van der Waals surface area contributed by atoms with E-state index in [0.29, 0.717) is 11.3 Å². The van der Waals surface area contributed by atoms with Crippen LogP contribution < -0.4 is 14.8 Å². The second kappa shape index (κ2) is 9.97. The lowest BCUT2D eigenvalue weighted by Crippen LogP contribution is -2.44. The number of carbonyl (C=O) groups excluding carboxylic acids is 1. The van der Waals surface area contributed by atoms with Crippen molar-refractivity contribution < 1.29 is 23.0 Å². The third kappa shape index (κ3) is 5.32. The third-order valence-corrected chi connectivity index (χ3v) is 5.87. The maximum atomic E-state index is 14.6. The van der Waals surface area contributed by atoms with E-state index in [1.807, 2.05) is 39.8 Å². The molecule has 0 radical (unpaired) electrons. The van der Waals surface area contributed by atoms with E-state index in [1.54, 1.807) is 35.1 Å². The van der Waals surface area contributed by atoms with Crippen LogP contribution in [-0.2, 0) is 4.79 Å². The highest BCUT2D eigenvalue weighted by molar-refractivity contribution is 5.82. The molecule has 0 bridgehead atoms. The fraction of sp³-hybridized carbons (Fsp3) is 0.286. The van der Waals surface area contributed by atoms with E-state index in [2.05, 4.69) is 10.4 Å². The molecule has 1 N–H and O–H groups in total. The quantitative estimate of drug-likeness (QED) is 0.344. The van der Waals surface area contributed by atoms with Gasteiger partial charge in [0.25, 0.3) is 0 Å². The van der Waals surface area contributed by atoms with Gasteiger partial charge in [0, 0.05) is 10.8 Å². The van der Waals surface area contributed by atoms with Gasteiger partial charge >= 0.3 is 0 Å². The largest absolute Gasteiger partial charge is 0.494 e. The predicted octanol–water partition coefficient (Wildman–Crippen LogP) is 5.98. The van der Waals surface area contributed by atoms with Crippen LogP contribution in [0.4, 0.5) is 8.78 Å². The van der Waals surface area contributed by atoms with Crippen LogP contribution in [0.2, 0.25) is 0 Å². The number of hydrogen-bond acceptors (Lipinski definition) is 4. The molecule has 0 aliphatic heterocycles. The zero-order chi connectivity index (χ0) is 26.0. The van der Waals surface area contributed by atoms with Crippen LogP contribution in [0.3, 0.4) is 0 Å². The van der Waals surface area contributed by atoms with Gasteiger partial charge in [0.05, 0.1) is 30.6 Å². The number of rotatable bonds is 7. The summed E-state index contributed by atoms with van der Waals surface area (Å²) in [6, 6.07) is 15.7. The molecule has 4 rings (SSSR count). The summed E-state index contributed by atoms with van der Waals surface area (Å²) in [5.74, 6) is -0.333. The Labute approximate surface area is 208 Å². The van der Waals surface area contributed by atoms with Crippen LogP contribution in [0.1, 0.15) is 39.4 Å². The van der Waals surface area contributed by atoms with Crippen molar-refractivity contribution in [1.29, 1.82) is 0 Å². The fourth-order valence-corrected chi connectivity index (χ4v) is 3.84. The molecule has 0 saturated heterocycles. The first-order valence-corrected chi connectivity index (χ1v) is 11.6. The molecule has 0 spiro atoms. The van der Waals surface area contributed by atoms with Crippen LogP contribution in [0.5, 0.6) is 11.5 Å². The topological polar surface area (TPSA) is 65.4 Å². The van der Waals surface area contributed by atoms with Crippen LogP contribution in [0, 0.1) is 17.0 Å². The average Bonchev–Trinajstić information content (AvgIpc) is 3.25. The van der Waals surface area contributed by atoms with E-state index in [-0.39, 0.29) is 17.5 Å². The predicted molar refractivity (Wildman–Crippen MR) is 134 cm³/mol. The second-order valence-electron chi connectivity index (χ2n) is 9.70. The summed E-state index contributed by atoms with van der Waals surface area (Å²) in [6.45, 7) is 7.29. The maximum absolute atomic E-state index is 14.6. The molecule has 188 valence electrons. The average molecular weight is 494 g/mol. The number of benzene rings is 3. The van der Waals surface area contributed by atoms with Gasteiger partial charge in [-0.25, -0.2) is 13.5 Å². The number of ether oxygens (including phenoxy) is 2. The SMILES string of the molecule is COc1ccc([C@@H](Oc2ccc3c(cnn3-c3ccc(F)cc3)c2)[C@H](C)NC(=O)C(C)(C)C)cc1F. The molecule has 6 nitrogen and oxygen atoms in total. The molecule has 1 aromatic heterocycles. The van der Waals surface area contributed by atoms with E-state index in [9.17, 15) is 13.6 Å². The Morgan fingerprint density at radius 2 is 1.75 bits per heavy atom. The maximum Gasteiger partial charge on any atom is 0.225 e. The van der Waals surface area contributed by atoms with Crippen molar-refractivity contribution in [3.8, 4) is 17.2 Å². The molecule has 1 amide bonds. The summed E-state index contributed by atoms with van der Waals surface area (Å²) in [5, 5.41) is 8.22. The molecule has 1 heterocycles. The van der Waals surface area contributed by atoms with Crippen LogP contribution in [0.15, 0.2) is 66.9 Å². The normalized spacial score (nSPS) is 13.3. The van der Waals surface area contributed by atoms with Crippen molar-refractivity contribution in [1.82, 2.24) is 15.1 Å². The second-order valence-corrected chi connectivity index (χ2v) is 9.70. The van der Waals surface area contributed by atoms with Crippen LogP contribution >= 0.6 is 0 Å². The monoisotopic (exact) mass is 493 g/mol. The number of halogens is 2. The minimum atomic E-state index is -0.679. The lowest BCUT2D eigenvalue weighted by atomic mass is 9.94. The number of fused-ring (bicyclic) bond motifs is 1. The Bertz CT molecular complexity index is 1380. The fourth-order valence-electron chi connectivity index (χ4n) is 3.84. The summed E-state index contributed by atoms with van der Waals surface area (Å²) >= 11 is 0. The lowest BCUT2D eigenvalue weighted by molar-refractivity contribution is -0.129. The Hall–Kier alpha value is -3.94. The molecule has 36 heavy (non-hydrogen) atoms. The Kier molecular flexibility index (Phi) is 6.97. The first kappa shape index (κ1) is 25.2. The van der Waals surface area contributed by atoms with Crippen molar-refractivity contribution in [2.75, 3.05) is 7.11 Å².